The topological polar surface area (TPSA) is 105 Å². The SMILES string of the molecule is CC(CCc1ccc(C(N)=O)cc1)N(CC(O)COc1ccccc1)CC(O)COc1ccccc1. The standard InChI is InChI=1S/C29H36N2O5/c1-22(12-13-23-14-16-24(17-15-23)29(30)34)31(18-25(32)20-35-27-8-4-2-5-9-27)19-26(33)21-36-28-10-6-3-7-11-28/h2-11,14-17,22,25-26,32-33H,12-13,18-21H2,1H3,(H2,30,34). The Kier molecular flexibility index (Phi) is 10.8. The Morgan fingerprint density at radius 3 is 1.72 bits per heavy atom. The first-order valence-corrected chi connectivity index (χ1v) is 12.3. The number of hydrogen-bond donors (Lipinski definition) is 3. The molecule has 192 valence electrons. The molecule has 3 aromatic rings. The maximum Gasteiger partial charge on any atom is 0.248 e. The van der Waals surface area contributed by atoms with E-state index in [0.29, 0.717) is 30.2 Å². The summed E-state index contributed by atoms with van der Waals surface area (Å²) >= 11 is 0. The summed E-state index contributed by atoms with van der Waals surface area (Å²) in [5, 5.41) is 21.4. The van der Waals surface area contributed by atoms with Crippen molar-refractivity contribution in [2.75, 3.05) is 26.3 Å². The van der Waals surface area contributed by atoms with Gasteiger partial charge in [-0.2, -0.15) is 0 Å². The molecule has 4 N–H and O–H groups in total. The van der Waals surface area contributed by atoms with Crippen LogP contribution < -0.4 is 15.2 Å². The molecule has 0 heterocycles. The number of ether oxygens (including phenoxy) is 2. The van der Waals surface area contributed by atoms with Crippen LogP contribution in [0.5, 0.6) is 11.5 Å². The fraction of sp³-hybridized carbons (Fsp3) is 0.345. The second-order valence-electron chi connectivity index (χ2n) is 8.96. The van der Waals surface area contributed by atoms with Gasteiger partial charge in [0.2, 0.25) is 5.91 Å². The van der Waals surface area contributed by atoms with Crippen molar-refractivity contribution in [1.82, 2.24) is 4.90 Å². The fourth-order valence-electron chi connectivity index (χ4n) is 3.89. The molecule has 0 spiro atoms. The van der Waals surface area contributed by atoms with Gasteiger partial charge < -0.3 is 25.4 Å². The van der Waals surface area contributed by atoms with Gasteiger partial charge in [0.05, 0.1) is 0 Å². The molecule has 3 atom stereocenters. The average Bonchev–Trinajstić information content (AvgIpc) is 2.90. The highest BCUT2D eigenvalue weighted by atomic mass is 16.5. The number of carbonyl (C=O) groups is 1. The maximum absolute atomic E-state index is 11.3. The zero-order chi connectivity index (χ0) is 25.8. The Morgan fingerprint density at radius 1 is 0.806 bits per heavy atom. The first-order valence-electron chi connectivity index (χ1n) is 12.3. The smallest absolute Gasteiger partial charge is 0.248 e. The zero-order valence-electron chi connectivity index (χ0n) is 20.7. The van der Waals surface area contributed by atoms with Gasteiger partial charge in [0.25, 0.3) is 0 Å². The summed E-state index contributed by atoms with van der Waals surface area (Å²) in [4.78, 5) is 13.4. The quantitative estimate of drug-likeness (QED) is 0.301. The molecule has 0 radical (unpaired) electrons. The van der Waals surface area contributed by atoms with E-state index in [2.05, 4.69) is 11.8 Å². The summed E-state index contributed by atoms with van der Waals surface area (Å²) < 4.78 is 11.4. The third-order valence-electron chi connectivity index (χ3n) is 5.97. The number of hydrogen-bond acceptors (Lipinski definition) is 6. The molecule has 0 fully saturated rings. The first-order chi connectivity index (χ1) is 17.4. The number of rotatable bonds is 15. The number of benzene rings is 3. The van der Waals surface area contributed by atoms with Crippen molar-refractivity contribution in [3.05, 3.63) is 96.1 Å². The molecule has 0 bridgehead atoms. The summed E-state index contributed by atoms with van der Waals surface area (Å²) in [6.07, 6.45) is 0.118. The fourth-order valence-corrected chi connectivity index (χ4v) is 3.89. The number of nitrogens with zero attached hydrogens (tertiary/aromatic N) is 1. The number of nitrogens with two attached hydrogens (primary N) is 1. The van der Waals surface area contributed by atoms with E-state index < -0.39 is 18.1 Å². The average molecular weight is 493 g/mol. The summed E-state index contributed by atoms with van der Waals surface area (Å²) in [6, 6.07) is 26.1. The van der Waals surface area contributed by atoms with Crippen LogP contribution in [0, 0.1) is 0 Å². The highest BCUT2D eigenvalue weighted by Gasteiger charge is 2.22. The normalized spacial score (nSPS) is 13.7. The Labute approximate surface area is 213 Å². The molecule has 7 heteroatoms. The summed E-state index contributed by atoms with van der Waals surface area (Å²) in [7, 11) is 0. The van der Waals surface area contributed by atoms with Gasteiger partial charge in [-0.15, -0.1) is 0 Å². The van der Waals surface area contributed by atoms with Crippen LogP contribution in [0.2, 0.25) is 0 Å². The molecule has 0 saturated carbocycles. The molecule has 0 aromatic heterocycles. The molecular weight excluding hydrogens is 456 g/mol. The molecule has 0 aliphatic heterocycles. The van der Waals surface area contributed by atoms with E-state index in [1.807, 2.05) is 72.8 Å². The lowest BCUT2D eigenvalue weighted by Gasteiger charge is -2.32. The minimum Gasteiger partial charge on any atom is -0.491 e. The van der Waals surface area contributed by atoms with E-state index in [9.17, 15) is 15.0 Å². The van der Waals surface area contributed by atoms with Crippen LogP contribution in [0.4, 0.5) is 0 Å². The van der Waals surface area contributed by atoms with Crippen molar-refractivity contribution in [3.8, 4) is 11.5 Å². The minimum atomic E-state index is -0.732. The van der Waals surface area contributed by atoms with Gasteiger partial charge >= 0.3 is 0 Å². The van der Waals surface area contributed by atoms with Crippen LogP contribution in [0.3, 0.4) is 0 Å². The molecular formula is C29H36N2O5. The number of primary amides is 1. The van der Waals surface area contributed by atoms with E-state index in [1.165, 1.54) is 0 Å². The van der Waals surface area contributed by atoms with Crippen LogP contribution >= 0.6 is 0 Å². The van der Waals surface area contributed by atoms with Gasteiger partial charge in [-0.25, -0.2) is 0 Å². The molecule has 1 amide bonds. The van der Waals surface area contributed by atoms with Crippen LogP contribution in [0.1, 0.15) is 29.3 Å². The number of amides is 1. The van der Waals surface area contributed by atoms with Crippen molar-refractivity contribution < 1.29 is 24.5 Å². The monoisotopic (exact) mass is 492 g/mol. The molecule has 0 aliphatic rings. The third-order valence-corrected chi connectivity index (χ3v) is 5.97. The van der Waals surface area contributed by atoms with Crippen molar-refractivity contribution in [2.45, 2.75) is 38.0 Å². The molecule has 0 aliphatic carbocycles. The Balaban J connectivity index is 1.57. The number of aliphatic hydroxyl groups is 2. The first kappa shape index (κ1) is 27.2. The van der Waals surface area contributed by atoms with Crippen molar-refractivity contribution in [1.29, 1.82) is 0 Å². The van der Waals surface area contributed by atoms with Gasteiger partial charge in [-0.3, -0.25) is 9.69 Å². The Bertz CT molecular complexity index is 979. The molecule has 36 heavy (non-hydrogen) atoms. The van der Waals surface area contributed by atoms with E-state index in [4.69, 9.17) is 15.2 Å². The molecule has 3 aromatic carbocycles. The molecule has 3 rings (SSSR count). The number of para-hydroxylation sites is 2. The van der Waals surface area contributed by atoms with Crippen molar-refractivity contribution in [2.24, 2.45) is 5.73 Å². The molecule has 7 nitrogen and oxygen atoms in total. The van der Waals surface area contributed by atoms with Crippen LogP contribution in [-0.2, 0) is 6.42 Å². The van der Waals surface area contributed by atoms with E-state index in [-0.39, 0.29) is 19.3 Å². The summed E-state index contributed by atoms with van der Waals surface area (Å²) in [6.45, 7) is 3.07. The van der Waals surface area contributed by atoms with Crippen LogP contribution in [0.25, 0.3) is 0 Å². The lowest BCUT2D eigenvalue weighted by atomic mass is 10.0. The predicted octanol–water partition coefficient (Wildman–Crippen LogP) is 3.29. The van der Waals surface area contributed by atoms with Gasteiger partial charge in [-0.05, 0) is 61.7 Å². The Hall–Kier alpha value is -3.39. The van der Waals surface area contributed by atoms with Crippen molar-refractivity contribution >= 4 is 5.91 Å². The highest BCUT2D eigenvalue weighted by Crippen LogP contribution is 2.15. The highest BCUT2D eigenvalue weighted by molar-refractivity contribution is 5.92. The molecule has 3 unspecified atom stereocenters. The largest absolute Gasteiger partial charge is 0.491 e. The predicted molar refractivity (Wildman–Crippen MR) is 140 cm³/mol. The lowest BCUT2D eigenvalue weighted by Crippen LogP contribution is -2.46. The summed E-state index contributed by atoms with van der Waals surface area (Å²) in [5.74, 6) is 0.957. The van der Waals surface area contributed by atoms with E-state index >= 15 is 0 Å². The second-order valence-corrected chi connectivity index (χ2v) is 8.96. The number of aryl methyl sites for hydroxylation is 1. The van der Waals surface area contributed by atoms with Crippen molar-refractivity contribution in [3.63, 3.8) is 0 Å². The van der Waals surface area contributed by atoms with Gasteiger partial charge in [0.1, 0.15) is 36.9 Å². The minimum absolute atomic E-state index is 0.0681. The lowest BCUT2D eigenvalue weighted by molar-refractivity contribution is 0.0154. The second kappa shape index (κ2) is 14.2. The van der Waals surface area contributed by atoms with E-state index in [1.54, 1.807) is 12.1 Å². The maximum atomic E-state index is 11.3. The van der Waals surface area contributed by atoms with Gasteiger partial charge in [0, 0.05) is 24.7 Å². The summed E-state index contributed by atoms with van der Waals surface area (Å²) in [5.41, 5.74) is 6.90. The number of aliphatic hydroxyl groups excluding tert-OH is 2. The van der Waals surface area contributed by atoms with Gasteiger partial charge in [0.15, 0.2) is 0 Å². The number of carbonyl (C=O) groups excluding carboxylic acids is 1. The Morgan fingerprint density at radius 2 is 1.28 bits per heavy atom. The van der Waals surface area contributed by atoms with E-state index in [0.717, 1.165) is 18.4 Å². The third kappa shape index (κ3) is 9.34. The molecule has 0 saturated heterocycles. The van der Waals surface area contributed by atoms with Crippen LogP contribution in [0.15, 0.2) is 84.9 Å². The van der Waals surface area contributed by atoms with Gasteiger partial charge in [-0.1, -0.05) is 48.5 Å². The van der Waals surface area contributed by atoms with Crippen LogP contribution in [-0.4, -0.2) is 65.6 Å². The zero-order valence-corrected chi connectivity index (χ0v) is 20.7.